The molecule has 0 aromatic carbocycles. The van der Waals surface area contributed by atoms with Crippen LogP contribution in [0.1, 0.15) is 53.9 Å². The van der Waals surface area contributed by atoms with Crippen LogP contribution >= 0.6 is 0 Å². The first-order valence-electron chi connectivity index (χ1n) is 5.52. The lowest BCUT2D eigenvalue weighted by atomic mass is 9.81. The van der Waals surface area contributed by atoms with Crippen LogP contribution in [-0.2, 0) is 4.84 Å². The molecule has 0 atom stereocenters. The Morgan fingerprint density at radius 1 is 1.14 bits per heavy atom. The van der Waals surface area contributed by atoms with Gasteiger partial charge in [0.1, 0.15) is 17.7 Å². The van der Waals surface area contributed by atoms with Crippen molar-refractivity contribution < 1.29 is 9.65 Å². The third-order valence-corrected chi connectivity index (χ3v) is 3.48. The zero-order chi connectivity index (χ0) is 11.0. The fourth-order valence-electron chi connectivity index (χ4n) is 2.60. The molecule has 84 valence electrons. The van der Waals surface area contributed by atoms with Crippen molar-refractivity contribution in [1.82, 2.24) is 0 Å². The molecule has 14 heavy (non-hydrogen) atoms. The highest BCUT2D eigenvalue weighted by Crippen LogP contribution is 2.45. The first kappa shape index (κ1) is 12.0. The van der Waals surface area contributed by atoms with E-state index in [0.29, 0.717) is 6.61 Å². The number of piperidine rings is 1. The van der Waals surface area contributed by atoms with Crippen molar-refractivity contribution in [3.63, 3.8) is 0 Å². The minimum atomic E-state index is -0.503. The van der Waals surface area contributed by atoms with E-state index in [1.807, 2.05) is 34.6 Å². The van der Waals surface area contributed by atoms with Crippen molar-refractivity contribution in [2.75, 3.05) is 6.61 Å². The van der Waals surface area contributed by atoms with Gasteiger partial charge in [0.15, 0.2) is 0 Å². The zero-order valence-electron chi connectivity index (χ0n) is 10.1. The van der Waals surface area contributed by atoms with Gasteiger partial charge < -0.3 is 5.21 Å². The smallest absolute Gasteiger partial charge is 0.123 e. The van der Waals surface area contributed by atoms with Gasteiger partial charge in [-0.15, -0.1) is 0 Å². The highest BCUT2D eigenvalue weighted by molar-refractivity contribution is 4.84. The van der Waals surface area contributed by atoms with E-state index in [2.05, 4.69) is 0 Å². The topological polar surface area (TPSA) is 32.3 Å². The molecule has 1 aliphatic rings. The van der Waals surface area contributed by atoms with Gasteiger partial charge in [-0.1, -0.05) is 0 Å². The Hall–Kier alpha value is -0.120. The lowest BCUT2D eigenvalue weighted by Crippen LogP contribution is -2.69. The van der Waals surface area contributed by atoms with Gasteiger partial charge in [0.05, 0.1) is 0 Å². The van der Waals surface area contributed by atoms with Crippen molar-refractivity contribution in [3.8, 4) is 0 Å². The Balaban J connectivity index is 3.02. The molecule has 1 heterocycles. The Bertz CT molecular complexity index is 195. The van der Waals surface area contributed by atoms with Gasteiger partial charge in [-0.05, 0) is 41.0 Å². The summed E-state index contributed by atoms with van der Waals surface area (Å²) in [7, 11) is 0. The average Bonchev–Trinajstić information content (AvgIpc) is 2.01. The number of hydrogen-bond donors (Lipinski definition) is 0. The van der Waals surface area contributed by atoms with Crippen LogP contribution < -0.4 is 0 Å². The summed E-state index contributed by atoms with van der Waals surface area (Å²) in [6, 6.07) is 0. The number of quaternary nitrogens is 1. The second-order valence-corrected chi connectivity index (χ2v) is 5.45. The maximum atomic E-state index is 12.7. The van der Waals surface area contributed by atoms with Gasteiger partial charge in [0.2, 0.25) is 0 Å². The molecular weight excluding hydrogens is 178 g/mol. The van der Waals surface area contributed by atoms with Crippen molar-refractivity contribution in [3.05, 3.63) is 5.21 Å². The molecule has 3 heteroatoms. The molecule has 0 aromatic heterocycles. The third-order valence-electron chi connectivity index (χ3n) is 3.48. The molecule has 0 aromatic rings. The van der Waals surface area contributed by atoms with E-state index >= 15 is 0 Å². The molecule has 0 amide bonds. The van der Waals surface area contributed by atoms with Crippen molar-refractivity contribution in [2.24, 2.45) is 0 Å². The van der Waals surface area contributed by atoms with E-state index in [9.17, 15) is 5.21 Å². The summed E-state index contributed by atoms with van der Waals surface area (Å²) < 4.78 is 0. The third kappa shape index (κ3) is 1.58. The molecular formula is C11H23NO2. The van der Waals surface area contributed by atoms with Gasteiger partial charge in [0, 0.05) is 12.8 Å². The van der Waals surface area contributed by atoms with Gasteiger partial charge in [-0.2, -0.15) is 0 Å². The van der Waals surface area contributed by atoms with Gasteiger partial charge in [-0.25, -0.2) is 9.65 Å². The van der Waals surface area contributed by atoms with E-state index in [1.54, 1.807) is 0 Å². The maximum Gasteiger partial charge on any atom is 0.123 e. The first-order valence-corrected chi connectivity index (χ1v) is 5.52. The summed E-state index contributed by atoms with van der Waals surface area (Å²) in [5.41, 5.74) is -0.643. The largest absolute Gasteiger partial charge is 0.597 e. The number of nitrogens with zero attached hydrogens (tertiary/aromatic N) is 1. The molecule has 0 aliphatic carbocycles. The normalized spacial score (nSPS) is 28.7. The fourth-order valence-corrected chi connectivity index (χ4v) is 2.60. The lowest BCUT2D eigenvalue weighted by Gasteiger charge is -2.61. The molecule has 3 nitrogen and oxygen atoms in total. The van der Waals surface area contributed by atoms with Gasteiger partial charge in [0.25, 0.3) is 0 Å². The van der Waals surface area contributed by atoms with Crippen LogP contribution in [-0.4, -0.2) is 22.5 Å². The zero-order valence-corrected chi connectivity index (χ0v) is 10.1. The predicted octanol–water partition coefficient (Wildman–Crippen LogP) is 2.99. The predicted molar refractivity (Wildman–Crippen MR) is 57.3 cm³/mol. The van der Waals surface area contributed by atoms with Crippen LogP contribution in [0.4, 0.5) is 0 Å². The average molecular weight is 201 g/mol. The van der Waals surface area contributed by atoms with Crippen LogP contribution in [0.5, 0.6) is 0 Å². The standard InChI is InChI=1S/C11H23NO2/c1-6-14-12(13)10(2,3)8-7-9-11(12,4)5/h6-9H2,1-5H3. The fraction of sp³-hybridized carbons (Fsp3) is 1.00. The maximum absolute atomic E-state index is 12.7. The SMILES string of the molecule is CCO[N+]1([O-])C(C)(C)CCCC1(C)C. The minimum absolute atomic E-state index is 0.322. The molecule has 0 N–H and O–H groups in total. The first-order chi connectivity index (χ1) is 6.27. The molecule has 1 fully saturated rings. The highest BCUT2D eigenvalue weighted by atomic mass is 16.9. The van der Waals surface area contributed by atoms with E-state index in [-0.39, 0.29) is 11.1 Å². The van der Waals surface area contributed by atoms with Crippen molar-refractivity contribution in [2.45, 2.75) is 65.0 Å². The molecule has 1 rings (SSSR count). The Morgan fingerprint density at radius 2 is 1.57 bits per heavy atom. The molecule has 0 spiro atoms. The summed E-state index contributed by atoms with van der Waals surface area (Å²) >= 11 is 0. The van der Waals surface area contributed by atoms with Crippen molar-refractivity contribution >= 4 is 0 Å². The molecule has 1 saturated heterocycles. The quantitative estimate of drug-likeness (QED) is 0.508. The summed E-state index contributed by atoms with van der Waals surface area (Å²) in [5.74, 6) is 0. The van der Waals surface area contributed by atoms with Crippen LogP contribution in [0, 0.1) is 5.21 Å². The molecule has 0 bridgehead atoms. The molecule has 0 saturated carbocycles. The van der Waals surface area contributed by atoms with E-state index in [4.69, 9.17) is 4.84 Å². The second-order valence-electron chi connectivity index (χ2n) is 5.45. The molecule has 0 radical (unpaired) electrons. The summed E-state index contributed by atoms with van der Waals surface area (Å²) in [6.07, 6.45) is 3.01. The minimum Gasteiger partial charge on any atom is -0.597 e. The Labute approximate surface area is 87.2 Å². The Kier molecular flexibility index (Phi) is 2.96. The Morgan fingerprint density at radius 3 is 1.93 bits per heavy atom. The van der Waals surface area contributed by atoms with Gasteiger partial charge in [-0.3, -0.25) is 0 Å². The highest BCUT2D eigenvalue weighted by Gasteiger charge is 2.53. The van der Waals surface area contributed by atoms with Crippen LogP contribution in [0.15, 0.2) is 0 Å². The van der Waals surface area contributed by atoms with Crippen LogP contribution in [0.2, 0.25) is 0 Å². The number of rotatable bonds is 2. The summed E-state index contributed by atoms with van der Waals surface area (Å²) in [5, 5.41) is 12.7. The monoisotopic (exact) mass is 201 g/mol. The number of hydrogen-bond acceptors (Lipinski definition) is 2. The van der Waals surface area contributed by atoms with E-state index in [1.165, 1.54) is 0 Å². The van der Waals surface area contributed by atoms with Gasteiger partial charge >= 0.3 is 0 Å². The molecule has 1 aliphatic heterocycles. The second kappa shape index (κ2) is 3.47. The van der Waals surface area contributed by atoms with Crippen molar-refractivity contribution in [1.29, 1.82) is 0 Å². The van der Waals surface area contributed by atoms with Crippen LogP contribution in [0.3, 0.4) is 0 Å². The lowest BCUT2D eigenvalue weighted by molar-refractivity contribution is -1.14. The van der Waals surface area contributed by atoms with E-state index < -0.39 is 4.81 Å². The van der Waals surface area contributed by atoms with E-state index in [0.717, 1.165) is 19.3 Å². The summed E-state index contributed by atoms with van der Waals surface area (Å²) in [6.45, 7) is 10.4. The number of hydroxylamine groups is 4. The summed E-state index contributed by atoms with van der Waals surface area (Å²) in [4.78, 5) is 4.98. The van der Waals surface area contributed by atoms with Crippen LogP contribution in [0.25, 0.3) is 0 Å². The molecule has 0 unspecified atom stereocenters.